The van der Waals surface area contributed by atoms with Crippen LogP contribution < -0.4 is 10.5 Å². The van der Waals surface area contributed by atoms with Crippen molar-refractivity contribution >= 4 is 10.0 Å². The Balaban J connectivity index is 2.28. The van der Waals surface area contributed by atoms with Crippen molar-refractivity contribution < 1.29 is 12.8 Å². The van der Waals surface area contributed by atoms with E-state index in [9.17, 15) is 8.42 Å². The van der Waals surface area contributed by atoms with Crippen molar-refractivity contribution in [2.24, 2.45) is 5.14 Å². The maximum atomic E-state index is 10.7. The zero-order valence-electron chi connectivity index (χ0n) is 9.56. The quantitative estimate of drug-likeness (QED) is 0.731. The lowest BCUT2D eigenvalue weighted by atomic mass is 10.2. The Morgan fingerprint density at radius 1 is 1.50 bits per heavy atom. The van der Waals surface area contributed by atoms with Gasteiger partial charge in [-0.1, -0.05) is 0 Å². The zero-order chi connectivity index (χ0) is 12.2. The minimum atomic E-state index is -3.35. The molecule has 16 heavy (non-hydrogen) atoms. The van der Waals surface area contributed by atoms with Crippen molar-refractivity contribution in [3.63, 3.8) is 0 Å². The Hall–Kier alpha value is -0.850. The second kappa shape index (κ2) is 5.47. The summed E-state index contributed by atoms with van der Waals surface area (Å²) in [5, 5.41) is 8.06. The highest BCUT2D eigenvalue weighted by molar-refractivity contribution is 7.89. The largest absolute Gasteiger partial charge is 0.465 e. The molecule has 1 atom stereocenters. The van der Waals surface area contributed by atoms with E-state index in [-0.39, 0.29) is 11.8 Å². The summed E-state index contributed by atoms with van der Waals surface area (Å²) in [7, 11) is -3.35. The number of furan rings is 1. The predicted molar refractivity (Wildman–Crippen MR) is 62.5 cm³/mol. The molecule has 92 valence electrons. The highest BCUT2D eigenvalue weighted by Crippen LogP contribution is 2.15. The van der Waals surface area contributed by atoms with Crippen LogP contribution in [0.4, 0.5) is 0 Å². The Bertz CT molecular complexity index is 425. The molecule has 5 nitrogen and oxygen atoms in total. The number of aryl methyl sites for hydroxylation is 1. The van der Waals surface area contributed by atoms with Crippen LogP contribution >= 0.6 is 0 Å². The molecule has 0 radical (unpaired) electrons. The van der Waals surface area contributed by atoms with Crippen LogP contribution in [0.1, 0.15) is 30.9 Å². The maximum Gasteiger partial charge on any atom is 0.209 e. The van der Waals surface area contributed by atoms with E-state index in [1.165, 1.54) is 0 Å². The van der Waals surface area contributed by atoms with Gasteiger partial charge in [-0.3, -0.25) is 0 Å². The fourth-order valence-electron chi connectivity index (χ4n) is 1.38. The standard InChI is InChI=1S/C10H18N2O3S/c1-8-4-5-10(15-8)9(2)12-6-3-7-16(11,13)14/h4-5,9,12H,3,6-7H2,1-2H3,(H2,11,13,14). The van der Waals surface area contributed by atoms with Crippen molar-refractivity contribution in [3.8, 4) is 0 Å². The fraction of sp³-hybridized carbons (Fsp3) is 0.600. The summed E-state index contributed by atoms with van der Waals surface area (Å²) in [5.74, 6) is 1.73. The fourth-order valence-corrected chi connectivity index (χ4v) is 1.93. The molecule has 0 fully saturated rings. The van der Waals surface area contributed by atoms with E-state index < -0.39 is 10.0 Å². The van der Waals surface area contributed by atoms with Gasteiger partial charge in [0, 0.05) is 0 Å². The molecule has 1 aromatic rings. The average molecular weight is 246 g/mol. The Kier molecular flexibility index (Phi) is 4.52. The molecule has 0 saturated carbocycles. The number of hydrogen-bond acceptors (Lipinski definition) is 4. The van der Waals surface area contributed by atoms with Crippen molar-refractivity contribution in [2.45, 2.75) is 26.3 Å². The van der Waals surface area contributed by atoms with Crippen molar-refractivity contribution in [1.29, 1.82) is 0 Å². The molecular formula is C10H18N2O3S. The van der Waals surface area contributed by atoms with E-state index in [1.807, 2.05) is 26.0 Å². The first kappa shape index (κ1) is 13.2. The topological polar surface area (TPSA) is 85.3 Å². The van der Waals surface area contributed by atoms with Crippen LogP contribution in [-0.4, -0.2) is 20.7 Å². The molecule has 0 aliphatic carbocycles. The summed E-state index contributed by atoms with van der Waals surface area (Å²) in [4.78, 5) is 0. The van der Waals surface area contributed by atoms with E-state index in [1.54, 1.807) is 0 Å². The van der Waals surface area contributed by atoms with Gasteiger partial charge in [0.05, 0.1) is 11.8 Å². The lowest BCUT2D eigenvalue weighted by Crippen LogP contribution is -2.24. The first-order valence-electron chi connectivity index (χ1n) is 5.18. The number of rotatable bonds is 6. The van der Waals surface area contributed by atoms with Crippen LogP contribution in [0.5, 0.6) is 0 Å². The monoisotopic (exact) mass is 246 g/mol. The van der Waals surface area contributed by atoms with E-state index in [2.05, 4.69) is 5.32 Å². The third-order valence-corrected chi connectivity index (χ3v) is 3.10. The number of hydrogen-bond donors (Lipinski definition) is 2. The summed E-state index contributed by atoms with van der Waals surface area (Å²) in [6.45, 7) is 4.45. The van der Waals surface area contributed by atoms with Gasteiger partial charge in [-0.2, -0.15) is 0 Å². The van der Waals surface area contributed by atoms with Crippen LogP contribution in [0.15, 0.2) is 16.5 Å². The second-order valence-electron chi connectivity index (χ2n) is 3.84. The first-order valence-corrected chi connectivity index (χ1v) is 6.90. The number of primary sulfonamides is 1. The smallest absolute Gasteiger partial charge is 0.209 e. The lowest BCUT2D eigenvalue weighted by Gasteiger charge is -2.10. The van der Waals surface area contributed by atoms with Crippen LogP contribution in [0.2, 0.25) is 0 Å². The van der Waals surface area contributed by atoms with Gasteiger partial charge in [0.2, 0.25) is 10.0 Å². The van der Waals surface area contributed by atoms with Crippen molar-refractivity contribution in [2.75, 3.05) is 12.3 Å². The molecular weight excluding hydrogens is 228 g/mol. The lowest BCUT2D eigenvalue weighted by molar-refractivity contribution is 0.417. The molecule has 0 aromatic carbocycles. The number of nitrogens with two attached hydrogens (primary N) is 1. The average Bonchev–Trinajstić information content (AvgIpc) is 2.57. The van der Waals surface area contributed by atoms with Gasteiger partial charge in [-0.15, -0.1) is 0 Å². The van der Waals surface area contributed by atoms with Gasteiger partial charge >= 0.3 is 0 Å². The Morgan fingerprint density at radius 2 is 2.19 bits per heavy atom. The minimum absolute atomic E-state index is 0.00387. The summed E-state index contributed by atoms with van der Waals surface area (Å²) < 4.78 is 26.8. The molecule has 6 heteroatoms. The molecule has 0 spiro atoms. The Morgan fingerprint density at radius 3 is 2.69 bits per heavy atom. The number of sulfonamides is 1. The van der Waals surface area contributed by atoms with Crippen LogP contribution in [-0.2, 0) is 10.0 Å². The van der Waals surface area contributed by atoms with E-state index in [0.29, 0.717) is 13.0 Å². The van der Waals surface area contributed by atoms with Gasteiger partial charge in [0.25, 0.3) is 0 Å². The maximum absolute atomic E-state index is 10.7. The van der Waals surface area contributed by atoms with Crippen molar-refractivity contribution in [1.82, 2.24) is 5.32 Å². The van der Waals surface area contributed by atoms with Gasteiger partial charge < -0.3 is 9.73 Å². The van der Waals surface area contributed by atoms with Gasteiger partial charge in [-0.05, 0) is 38.9 Å². The minimum Gasteiger partial charge on any atom is -0.465 e. The Labute approximate surface area is 96.1 Å². The highest BCUT2D eigenvalue weighted by Gasteiger charge is 2.09. The molecule has 1 aromatic heterocycles. The third kappa shape index (κ3) is 4.78. The van der Waals surface area contributed by atoms with Gasteiger partial charge in [0.15, 0.2) is 0 Å². The molecule has 0 aliphatic heterocycles. The molecule has 1 unspecified atom stereocenters. The van der Waals surface area contributed by atoms with E-state index in [4.69, 9.17) is 9.56 Å². The number of nitrogens with one attached hydrogen (secondary N) is 1. The van der Waals surface area contributed by atoms with Crippen LogP contribution in [0.25, 0.3) is 0 Å². The zero-order valence-corrected chi connectivity index (χ0v) is 10.4. The summed E-state index contributed by atoms with van der Waals surface area (Å²) >= 11 is 0. The predicted octanol–water partition coefficient (Wildman–Crippen LogP) is 0.917. The van der Waals surface area contributed by atoms with Crippen LogP contribution in [0.3, 0.4) is 0 Å². The molecule has 0 bridgehead atoms. The summed E-state index contributed by atoms with van der Waals surface area (Å²) in [6.07, 6.45) is 0.503. The van der Waals surface area contributed by atoms with Crippen LogP contribution in [0, 0.1) is 6.92 Å². The molecule has 0 aliphatic rings. The van der Waals surface area contributed by atoms with Gasteiger partial charge in [-0.25, -0.2) is 13.6 Å². The molecule has 0 amide bonds. The molecule has 1 heterocycles. The van der Waals surface area contributed by atoms with E-state index >= 15 is 0 Å². The third-order valence-electron chi connectivity index (χ3n) is 2.24. The molecule has 1 rings (SSSR count). The normalized spacial score (nSPS) is 13.9. The SMILES string of the molecule is Cc1ccc(C(C)NCCCS(N)(=O)=O)o1. The molecule has 3 N–H and O–H groups in total. The molecule has 0 saturated heterocycles. The van der Waals surface area contributed by atoms with Crippen molar-refractivity contribution in [3.05, 3.63) is 23.7 Å². The van der Waals surface area contributed by atoms with E-state index in [0.717, 1.165) is 11.5 Å². The summed E-state index contributed by atoms with van der Waals surface area (Å²) in [6, 6.07) is 3.89. The second-order valence-corrected chi connectivity index (χ2v) is 5.58. The van der Waals surface area contributed by atoms with Gasteiger partial charge in [0.1, 0.15) is 11.5 Å². The summed E-state index contributed by atoms with van der Waals surface area (Å²) in [5.41, 5.74) is 0. The first-order chi connectivity index (χ1) is 7.38. The highest BCUT2D eigenvalue weighted by atomic mass is 32.2.